The van der Waals surface area contributed by atoms with Crippen molar-refractivity contribution in [1.29, 1.82) is 5.26 Å². The fourth-order valence-electron chi connectivity index (χ4n) is 1.11. The van der Waals surface area contributed by atoms with Gasteiger partial charge >= 0.3 is 0 Å². The average molecular weight is 138 g/mol. The summed E-state index contributed by atoms with van der Waals surface area (Å²) in [5.74, 6) is 0.291. The summed E-state index contributed by atoms with van der Waals surface area (Å²) in [5.41, 5.74) is 0.257. The minimum Gasteiger partial charge on any atom is -0.296 e. The van der Waals surface area contributed by atoms with Gasteiger partial charge in [-0.2, -0.15) is 5.26 Å². The Morgan fingerprint density at radius 1 is 1.40 bits per heavy atom. The molecule has 2 nitrogen and oxygen atoms in total. The second kappa shape index (κ2) is 2.25. The lowest BCUT2D eigenvalue weighted by Gasteiger charge is -2.45. The lowest BCUT2D eigenvalue weighted by atomic mass is 9.94. The van der Waals surface area contributed by atoms with Crippen LogP contribution in [0, 0.1) is 17.2 Å². The Balaban J connectivity index is 2.35. The van der Waals surface area contributed by atoms with Crippen molar-refractivity contribution in [3.63, 3.8) is 0 Å². The minimum absolute atomic E-state index is 0.257. The Kier molecular flexibility index (Phi) is 1.70. The monoisotopic (exact) mass is 138 g/mol. The van der Waals surface area contributed by atoms with E-state index in [2.05, 4.69) is 31.7 Å². The van der Waals surface area contributed by atoms with Crippen LogP contribution in [0.1, 0.15) is 20.8 Å². The summed E-state index contributed by atoms with van der Waals surface area (Å²) in [6, 6.07) is 2.26. The van der Waals surface area contributed by atoms with Crippen LogP contribution in [0.15, 0.2) is 0 Å². The zero-order valence-corrected chi connectivity index (χ0v) is 6.89. The van der Waals surface area contributed by atoms with Gasteiger partial charge in [-0.1, -0.05) is 0 Å². The van der Waals surface area contributed by atoms with Crippen LogP contribution in [0.2, 0.25) is 0 Å². The molecule has 1 heterocycles. The van der Waals surface area contributed by atoms with Gasteiger partial charge in [0.15, 0.2) is 0 Å². The van der Waals surface area contributed by atoms with Gasteiger partial charge in [0.2, 0.25) is 0 Å². The van der Waals surface area contributed by atoms with Crippen LogP contribution in [0.25, 0.3) is 0 Å². The Hall–Kier alpha value is -0.550. The molecule has 0 unspecified atom stereocenters. The summed E-state index contributed by atoms with van der Waals surface area (Å²) in [4.78, 5) is 2.32. The largest absolute Gasteiger partial charge is 0.296 e. The highest BCUT2D eigenvalue weighted by Crippen LogP contribution is 2.24. The zero-order valence-electron chi connectivity index (χ0n) is 6.89. The second-order valence-corrected chi connectivity index (χ2v) is 3.90. The Bertz CT molecular complexity index is 155. The maximum atomic E-state index is 8.49. The number of hydrogen-bond donors (Lipinski definition) is 0. The third kappa shape index (κ3) is 1.30. The summed E-state index contributed by atoms with van der Waals surface area (Å²) in [5, 5.41) is 8.49. The molecule has 1 aliphatic rings. The predicted octanol–water partition coefficient (Wildman–Crippen LogP) is 1.24. The van der Waals surface area contributed by atoms with Gasteiger partial charge in [-0.15, -0.1) is 0 Å². The zero-order chi connectivity index (χ0) is 7.78. The molecule has 0 aromatic heterocycles. The van der Waals surface area contributed by atoms with E-state index < -0.39 is 0 Å². The third-order valence-corrected chi connectivity index (χ3v) is 2.01. The molecular weight excluding hydrogens is 124 g/mol. The van der Waals surface area contributed by atoms with E-state index >= 15 is 0 Å². The molecule has 0 aliphatic carbocycles. The van der Waals surface area contributed by atoms with Crippen molar-refractivity contribution in [1.82, 2.24) is 4.90 Å². The van der Waals surface area contributed by atoms with E-state index in [4.69, 9.17) is 5.26 Å². The number of likely N-dealkylation sites (tertiary alicyclic amines) is 1. The van der Waals surface area contributed by atoms with Crippen LogP contribution in [-0.2, 0) is 0 Å². The van der Waals surface area contributed by atoms with Crippen molar-refractivity contribution < 1.29 is 0 Å². The summed E-state index contributed by atoms with van der Waals surface area (Å²) in [6.07, 6.45) is 0. The topological polar surface area (TPSA) is 27.0 Å². The SMILES string of the molecule is CC(C)(C)N1CC(C#N)C1. The molecule has 2 heteroatoms. The van der Waals surface area contributed by atoms with Gasteiger partial charge in [-0.25, -0.2) is 0 Å². The molecule has 0 amide bonds. The molecule has 0 radical (unpaired) electrons. The summed E-state index contributed by atoms with van der Waals surface area (Å²) in [6.45, 7) is 8.46. The van der Waals surface area contributed by atoms with E-state index in [0.717, 1.165) is 13.1 Å². The van der Waals surface area contributed by atoms with Crippen LogP contribution in [0.3, 0.4) is 0 Å². The van der Waals surface area contributed by atoms with Gasteiger partial charge in [0.25, 0.3) is 0 Å². The van der Waals surface area contributed by atoms with Gasteiger partial charge in [0.05, 0.1) is 12.0 Å². The molecule has 1 rings (SSSR count). The van der Waals surface area contributed by atoms with Crippen molar-refractivity contribution in [2.24, 2.45) is 5.92 Å². The fourth-order valence-corrected chi connectivity index (χ4v) is 1.11. The van der Waals surface area contributed by atoms with E-state index in [1.165, 1.54) is 0 Å². The molecule has 0 aromatic carbocycles. The molecule has 10 heavy (non-hydrogen) atoms. The molecule has 56 valence electrons. The van der Waals surface area contributed by atoms with E-state index in [-0.39, 0.29) is 5.54 Å². The summed E-state index contributed by atoms with van der Waals surface area (Å²) in [7, 11) is 0. The van der Waals surface area contributed by atoms with Gasteiger partial charge in [0.1, 0.15) is 0 Å². The summed E-state index contributed by atoms with van der Waals surface area (Å²) >= 11 is 0. The van der Waals surface area contributed by atoms with Gasteiger partial charge < -0.3 is 0 Å². The lowest BCUT2D eigenvalue weighted by molar-refractivity contribution is 0.0375. The second-order valence-electron chi connectivity index (χ2n) is 3.90. The van der Waals surface area contributed by atoms with Gasteiger partial charge in [-0.05, 0) is 20.8 Å². The van der Waals surface area contributed by atoms with Crippen LogP contribution in [0.5, 0.6) is 0 Å². The third-order valence-electron chi connectivity index (χ3n) is 2.01. The number of hydrogen-bond acceptors (Lipinski definition) is 2. The van der Waals surface area contributed by atoms with E-state index in [0.29, 0.717) is 5.92 Å². The minimum atomic E-state index is 0.257. The van der Waals surface area contributed by atoms with Gasteiger partial charge in [-0.3, -0.25) is 4.90 Å². The van der Waals surface area contributed by atoms with Crippen molar-refractivity contribution in [2.75, 3.05) is 13.1 Å². The molecule has 0 N–H and O–H groups in total. The normalized spacial score (nSPS) is 21.8. The van der Waals surface area contributed by atoms with Crippen molar-refractivity contribution in [3.8, 4) is 6.07 Å². The average Bonchev–Trinajstić information content (AvgIpc) is 1.57. The molecular formula is C8H14N2. The number of nitrogens with zero attached hydrogens (tertiary/aromatic N) is 2. The number of rotatable bonds is 0. The summed E-state index contributed by atoms with van der Waals surface area (Å²) < 4.78 is 0. The molecule has 0 aromatic rings. The van der Waals surface area contributed by atoms with Crippen LogP contribution < -0.4 is 0 Å². The standard InChI is InChI=1S/C8H14N2/c1-8(2,3)10-5-7(4-9)6-10/h7H,5-6H2,1-3H3. The molecule has 1 aliphatic heterocycles. The first kappa shape index (κ1) is 7.56. The fraction of sp³-hybridized carbons (Fsp3) is 0.875. The predicted molar refractivity (Wildman–Crippen MR) is 40.4 cm³/mol. The highest BCUT2D eigenvalue weighted by molar-refractivity contribution is 4.98. The molecule has 0 atom stereocenters. The smallest absolute Gasteiger partial charge is 0.0717 e. The molecule has 0 bridgehead atoms. The molecule has 1 saturated heterocycles. The van der Waals surface area contributed by atoms with Crippen molar-refractivity contribution in [3.05, 3.63) is 0 Å². The van der Waals surface area contributed by atoms with E-state index in [9.17, 15) is 0 Å². The van der Waals surface area contributed by atoms with E-state index in [1.807, 2.05) is 0 Å². The first-order valence-corrected chi connectivity index (χ1v) is 3.68. The maximum Gasteiger partial charge on any atom is 0.0717 e. The van der Waals surface area contributed by atoms with Crippen LogP contribution >= 0.6 is 0 Å². The quantitative estimate of drug-likeness (QED) is 0.503. The lowest BCUT2D eigenvalue weighted by Crippen LogP contribution is -2.55. The number of nitriles is 1. The Morgan fingerprint density at radius 3 is 2.20 bits per heavy atom. The molecule has 0 spiro atoms. The van der Waals surface area contributed by atoms with Gasteiger partial charge in [0, 0.05) is 18.6 Å². The molecule has 0 saturated carbocycles. The maximum absolute atomic E-state index is 8.49. The Morgan fingerprint density at radius 2 is 1.90 bits per heavy atom. The highest BCUT2D eigenvalue weighted by atomic mass is 15.2. The van der Waals surface area contributed by atoms with Crippen molar-refractivity contribution in [2.45, 2.75) is 26.3 Å². The Labute approximate surface area is 62.4 Å². The molecule has 1 fully saturated rings. The van der Waals surface area contributed by atoms with Crippen LogP contribution in [0.4, 0.5) is 0 Å². The van der Waals surface area contributed by atoms with E-state index in [1.54, 1.807) is 0 Å². The first-order valence-electron chi connectivity index (χ1n) is 3.68. The van der Waals surface area contributed by atoms with Crippen LogP contribution in [-0.4, -0.2) is 23.5 Å². The van der Waals surface area contributed by atoms with Crippen molar-refractivity contribution >= 4 is 0 Å². The highest BCUT2D eigenvalue weighted by Gasteiger charge is 2.33. The first-order chi connectivity index (χ1) is 4.54.